The smallest absolute Gasteiger partial charge is 0.406 e. The van der Waals surface area contributed by atoms with E-state index in [9.17, 15) is 13.2 Å². The number of halogens is 3. The van der Waals surface area contributed by atoms with Gasteiger partial charge >= 0.3 is 6.36 Å². The molecular formula is C20H19F3N4O. The maximum atomic E-state index is 12.5. The number of hydrogen-bond donors (Lipinski definition) is 2. The van der Waals surface area contributed by atoms with Crippen molar-refractivity contribution < 1.29 is 17.9 Å². The van der Waals surface area contributed by atoms with Crippen LogP contribution in [0.25, 0.3) is 11.3 Å². The molecule has 0 amide bonds. The Kier molecular flexibility index (Phi) is 5.39. The van der Waals surface area contributed by atoms with Crippen LogP contribution in [0.2, 0.25) is 0 Å². The molecule has 146 valence electrons. The summed E-state index contributed by atoms with van der Waals surface area (Å²) in [6.45, 7) is 3.96. The van der Waals surface area contributed by atoms with Crippen LogP contribution in [0.15, 0.2) is 48.5 Å². The van der Waals surface area contributed by atoms with Crippen LogP contribution in [-0.4, -0.2) is 23.4 Å². The summed E-state index contributed by atoms with van der Waals surface area (Å²) in [6.07, 6.45) is -4.75. The van der Waals surface area contributed by atoms with Gasteiger partial charge in [-0.15, -0.1) is 13.2 Å². The van der Waals surface area contributed by atoms with Crippen molar-refractivity contribution in [3.8, 4) is 17.0 Å². The molecule has 0 saturated carbocycles. The lowest BCUT2D eigenvalue weighted by molar-refractivity contribution is -0.274. The number of aryl methyl sites for hydroxylation is 2. The van der Waals surface area contributed by atoms with Gasteiger partial charge < -0.3 is 15.4 Å². The van der Waals surface area contributed by atoms with E-state index in [0.29, 0.717) is 23.0 Å². The molecule has 1 heterocycles. The molecule has 0 fully saturated rings. The summed E-state index contributed by atoms with van der Waals surface area (Å²) in [5.41, 5.74) is 3.95. The summed E-state index contributed by atoms with van der Waals surface area (Å²) in [7, 11) is 1.67. The highest BCUT2D eigenvalue weighted by Gasteiger charge is 2.31. The van der Waals surface area contributed by atoms with Crippen LogP contribution in [-0.2, 0) is 0 Å². The van der Waals surface area contributed by atoms with Gasteiger partial charge in [0.2, 0.25) is 5.95 Å². The van der Waals surface area contributed by atoms with Gasteiger partial charge in [-0.05, 0) is 43.2 Å². The first-order valence-electron chi connectivity index (χ1n) is 8.51. The first-order valence-corrected chi connectivity index (χ1v) is 8.51. The minimum Gasteiger partial charge on any atom is -0.406 e. The van der Waals surface area contributed by atoms with E-state index in [1.54, 1.807) is 19.2 Å². The van der Waals surface area contributed by atoms with E-state index in [4.69, 9.17) is 0 Å². The van der Waals surface area contributed by atoms with Crippen LogP contribution >= 0.6 is 0 Å². The lowest BCUT2D eigenvalue weighted by Crippen LogP contribution is -2.17. The molecule has 2 N–H and O–H groups in total. The molecular weight excluding hydrogens is 369 g/mol. The second-order valence-electron chi connectivity index (χ2n) is 6.23. The average Bonchev–Trinajstić information content (AvgIpc) is 2.63. The molecule has 0 radical (unpaired) electrons. The standard InChI is InChI=1S/C20H19F3N4O/c1-12-7-8-13(2)16(9-12)25-18-11-17(26-19(24-3)27-18)14-5-4-6-15(10-14)28-20(21,22)23/h4-11H,1-3H3,(H2,24,25,26,27). The average molecular weight is 388 g/mol. The Labute approximate surface area is 160 Å². The predicted molar refractivity (Wildman–Crippen MR) is 103 cm³/mol. The van der Waals surface area contributed by atoms with Crippen LogP contribution in [0, 0.1) is 13.8 Å². The third-order valence-electron chi connectivity index (χ3n) is 3.97. The van der Waals surface area contributed by atoms with Gasteiger partial charge in [-0.3, -0.25) is 0 Å². The first kappa shape index (κ1) is 19.5. The summed E-state index contributed by atoms with van der Waals surface area (Å²) < 4.78 is 41.5. The molecule has 0 aliphatic rings. The van der Waals surface area contributed by atoms with E-state index in [1.807, 2.05) is 32.0 Å². The summed E-state index contributed by atoms with van der Waals surface area (Å²) in [5.74, 6) is 0.552. The number of nitrogens with one attached hydrogen (secondary N) is 2. The molecule has 0 aliphatic heterocycles. The topological polar surface area (TPSA) is 59.1 Å². The molecule has 3 rings (SSSR count). The number of hydrogen-bond acceptors (Lipinski definition) is 5. The van der Waals surface area contributed by atoms with E-state index in [2.05, 4.69) is 25.3 Å². The summed E-state index contributed by atoms with van der Waals surface area (Å²) in [6, 6.07) is 13.3. The highest BCUT2D eigenvalue weighted by atomic mass is 19.4. The molecule has 0 bridgehead atoms. The fourth-order valence-corrected chi connectivity index (χ4v) is 2.63. The van der Waals surface area contributed by atoms with E-state index in [-0.39, 0.29) is 5.75 Å². The van der Waals surface area contributed by atoms with E-state index in [1.165, 1.54) is 18.2 Å². The zero-order valence-electron chi connectivity index (χ0n) is 15.6. The molecule has 0 spiro atoms. The molecule has 0 unspecified atom stereocenters. The largest absolute Gasteiger partial charge is 0.573 e. The molecule has 3 aromatic rings. The normalized spacial score (nSPS) is 11.2. The molecule has 0 aliphatic carbocycles. The molecule has 28 heavy (non-hydrogen) atoms. The molecule has 1 aromatic heterocycles. The second-order valence-corrected chi connectivity index (χ2v) is 6.23. The minimum absolute atomic E-state index is 0.307. The van der Waals surface area contributed by atoms with Gasteiger partial charge in [0.15, 0.2) is 0 Å². The van der Waals surface area contributed by atoms with Gasteiger partial charge in [-0.1, -0.05) is 24.3 Å². The lowest BCUT2D eigenvalue weighted by Gasteiger charge is -2.13. The lowest BCUT2D eigenvalue weighted by atomic mass is 10.1. The van der Waals surface area contributed by atoms with Crippen LogP contribution in [0.4, 0.5) is 30.6 Å². The van der Waals surface area contributed by atoms with E-state index in [0.717, 1.165) is 16.8 Å². The molecule has 2 aromatic carbocycles. The SMILES string of the molecule is CNc1nc(Nc2cc(C)ccc2C)cc(-c2cccc(OC(F)(F)F)c2)n1. The van der Waals surface area contributed by atoms with Gasteiger partial charge in [0.05, 0.1) is 5.69 Å². The number of anilines is 3. The predicted octanol–water partition coefficient (Wildman–Crippen LogP) is 5.44. The molecule has 0 saturated heterocycles. The number of alkyl halides is 3. The summed E-state index contributed by atoms with van der Waals surface area (Å²) in [5, 5.41) is 6.12. The molecule has 8 heteroatoms. The monoisotopic (exact) mass is 388 g/mol. The van der Waals surface area contributed by atoms with Gasteiger partial charge in [0, 0.05) is 24.4 Å². The van der Waals surface area contributed by atoms with Crippen molar-refractivity contribution in [2.24, 2.45) is 0 Å². The van der Waals surface area contributed by atoms with Crippen LogP contribution in [0.3, 0.4) is 0 Å². The quantitative estimate of drug-likeness (QED) is 0.609. The Bertz CT molecular complexity index is 989. The van der Waals surface area contributed by atoms with Gasteiger partial charge in [0.1, 0.15) is 11.6 Å². The van der Waals surface area contributed by atoms with Crippen molar-refractivity contribution in [3.05, 3.63) is 59.7 Å². The van der Waals surface area contributed by atoms with Crippen LogP contribution in [0.5, 0.6) is 5.75 Å². The Morgan fingerprint density at radius 3 is 2.46 bits per heavy atom. The van der Waals surface area contributed by atoms with Crippen molar-refractivity contribution in [1.82, 2.24) is 9.97 Å². The number of rotatable bonds is 5. The maximum Gasteiger partial charge on any atom is 0.573 e. The number of benzene rings is 2. The van der Waals surface area contributed by atoms with Gasteiger partial charge in [-0.25, -0.2) is 4.98 Å². The summed E-state index contributed by atoms with van der Waals surface area (Å²) >= 11 is 0. The number of aromatic nitrogens is 2. The maximum absolute atomic E-state index is 12.5. The Morgan fingerprint density at radius 2 is 1.75 bits per heavy atom. The third kappa shape index (κ3) is 4.91. The van der Waals surface area contributed by atoms with Crippen molar-refractivity contribution >= 4 is 17.5 Å². The Morgan fingerprint density at radius 1 is 0.964 bits per heavy atom. The fraction of sp³-hybridized carbons (Fsp3) is 0.200. The third-order valence-corrected chi connectivity index (χ3v) is 3.97. The van der Waals surface area contributed by atoms with Crippen LogP contribution < -0.4 is 15.4 Å². The van der Waals surface area contributed by atoms with E-state index >= 15 is 0 Å². The number of nitrogens with zero attached hydrogens (tertiary/aromatic N) is 2. The molecule has 5 nitrogen and oxygen atoms in total. The van der Waals surface area contributed by atoms with Crippen LogP contribution in [0.1, 0.15) is 11.1 Å². The fourth-order valence-electron chi connectivity index (χ4n) is 2.63. The summed E-state index contributed by atoms with van der Waals surface area (Å²) in [4.78, 5) is 8.72. The zero-order valence-corrected chi connectivity index (χ0v) is 15.6. The highest BCUT2D eigenvalue weighted by Crippen LogP contribution is 2.29. The highest BCUT2D eigenvalue weighted by molar-refractivity contribution is 5.69. The van der Waals surface area contributed by atoms with Crippen molar-refractivity contribution in [2.75, 3.05) is 17.7 Å². The van der Waals surface area contributed by atoms with Crippen molar-refractivity contribution in [2.45, 2.75) is 20.2 Å². The van der Waals surface area contributed by atoms with Crippen molar-refractivity contribution in [1.29, 1.82) is 0 Å². The van der Waals surface area contributed by atoms with E-state index < -0.39 is 6.36 Å². The van der Waals surface area contributed by atoms with Crippen molar-refractivity contribution in [3.63, 3.8) is 0 Å². The second kappa shape index (κ2) is 7.75. The van der Waals surface area contributed by atoms with Gasteiger partial charge in [0.25, 0.3) is 0 Å². The number of ether oxygens (including phenoxy) is 1. The Hall–Kier alpha value is -3.29. The first-order chi connectivity index (χ1) is 13.2. The van der Waals surface area contributed by atoms with Gasteiger partial charge in [-0.2, -0.15) is 4.98 Å². The molecule has 0 atom stereocenters. The zero-order chi connectivity index (χ0) is 20.3. The minimum atomic E-state index is -4.75. The Balaban J connectivity index is 1.97.